The Morgan fingerprint density at radius 1 is 1.25 bits per heavy atom. The van der Waals surface area contributed by atoms with Crippen molar-refractivity contribution in [2.75, 3.05) is 13.1 Å². The van der Waals surface area contributed by atoms with Crippen LogP contribution in [-0.4, -0.2) is 30.1 Å². The zero-order valence-corrected chi connectivity index (χ0v) is 7.92. The molecule has 0 bridgehead atoms. The minimum absolute atomic E-state index is 0.0234. The van der Waals surface area contributed by atoms with Gasteiger partial charge in [-0.2, -0.15) is 0 Å². The molecule has 3 nitrogen and oxygen atoms in total. The third-order valence-corrected chi connectivity index (χ3v) is 2.00. The first kappa shape index (κ1) is 9.36. The number of amides is 2. The lowest BCUT2D eigenvalue weighted by Crippen LogP contribution is -2.41. The molecular formula is C9H17N2O. The molecule has 1 fully saturated rings. The Morgan fingerprint density at radius 3 is 2.33 bits per heavy atom. The summed E-state index contributed by atoms with van der Waals surface area (Å²) in [5.41, 5.74) is 0. The molecule has 2 amide bonds. The lowest BCUT2D eigenvalue weighted by atomic mass is 10.1. The van der Waals surface area contributed by atoms with Gasteiger partial charge in [-0.1, -0.05) is 0 Å². The second kappa shape index (κ2) is 4.33. The summed E-state index contributed by atoms with van der Waals surface area (Å²) in [4.78, 5) is 13.2. The number of hydrogen-bond donors (Lipinski definition) is 0. The Balaban J connectivity index is 2.30. The van der Waals surface area contributed by atoms with Crippen molar-refractivity contribution in [2.24, 2.45) is 0 Å². The van der Waals surface area contributed by atoms with Gasteiger partial charge in [0.05, 0.1) is 0 Å². The molecule has 12 heavy (non-hydrogen) atoms. The highest BCUT2D eigenvalue weighted by atomic mass is 16.2. The zero-order chi connectivity index (χ0) is 8.97. The van der Waals surface area contributed by atoms with Crippen LogP contribution in [0.2, 0.25) is 0 Å². The Bertz CT molecular complexity index is 151. The summed E-state index contributed by atoms with van der Waals surface area (Å²) in [5, 5.41) is 3.99. The van der Waals surface area contributed by atoms with Gasteiger partial charge < -0.3 is 4.90 Å². The molecule has 0 aromatic carbocycles. The Hall–Kier alpha value is -0.730. The molecule has 1 rings (SSSR count). The summed E-state index contributed by atoms with van der Waals surface area (Å²) < 4.78 is 0. The van der Waals surface area contributed by atoms with Gasteiger partial charge in [0.25, 0.3) is 0 Å². The summed E-state index contributed by atoms with van der Waals surface area (Å²) in [6, 6.07) is 0.101. The first-order chi connectivity index (χ1) is 5.70. The van der Waals surface area contributed by atoms with E-state index in [9.17, 15) is 4.79 Å². The smallest absolute Gasteiger partial charge is 0.323 e. The molecule has 0 atom stereocenters. The van der Waals surface area contributed by atoms with Crippen LogP contribution < -0.4 is 5.32 Å². The summed E-state index contributed by atoms with van der Waals surface area (Å²) in [6.45, 7) is 5.66. The molecule has 0 spiro atoms. The number of hydrogen-bond acceptors (Lipinski definition) is 1. The maximum atomic E-state index is 11.4. The monoisotopic (exact) mass is 169 g/mol. The lowest BCUT2D eigenvalue weighted by molar-refractivity contribution is 0.183. The van der Waals surface area contributed by atoms with Crippen molar-refractivity contribution in [1.82, 2.24) is 10.2 Å². The molecule has 1 radical (unpaired) electrons. The highest BCUT2D eigenvalue weighted by Gasteiger charge is 2.17. The molecule has 1 heterocycles. The Morgan fingerprint density at radius 2 is 1.83 bits per heavy atom. The Kier molecular flexibility index (Phi) is 3.38. The van der Waals surface area contributed by atoms with Crippen molar-refractivity contribution in [3.63, 3.8) is 0 Å². The topological polar surface area (TPSA) is 34.4 Å². The van der Waals surface area contributed by atoms with Crippen LogP contribution in [0.4, 0.5) is 4.79 Å². The number of carbonyl (C=O) groups excluding carboxylic acids is 1. The number of carbonyl (C=O) groups is 1. The first-order valence-electron chi connectivity index (χ1n) is 4.70. The minimum Gasteiger partial charge on any atom is -0.323 e. The molecule has 0 aliphatic carbocycles. The number of urea groups is 1. The normalized spacial score (nSPS) is 18.1. The van der Waals surface area contributed by atoms with E-state index < -0.39 is 0 Å². The lowest BCUT2D eigenvalue weighted by Gasteiger charge is -2.26. The van der Waals surface area contributed by atoms with E-state index in [1.165, 1.54) is 6.42 Å². The van der Waals surface area contributed by atoms with Gasteiger partial charge in [0.15, 0.2) is 0 Å². The minimum atomic E-state index is -0.0234. The van der Waals surface area contributed by atoms with E-state index in [4.69, 9.17) is 0 Å². The molecule has 0 aromatic rings. The van der Waals surface area contributed by atoms with Gasteiger partial charge in [-0.3, -0.25) is 0 Å². The van der Waals surface area contributed by atoms with Crippen LogP contribution in [0.25, 0.3) is 0 Å². The van der Waals surface area contributed by atoms with Crippen molar-refractivity contribution < 1.29 is 4.79 Å². The largest absolute Gasteiger partial charge is 0.339 e. The Labute approximate surface area is 74.1 Å². The van der Waals surface area contributed by atoms with Crippen molar-refractivity contribution >= 4 is 6.03 Å². The summed E-state index contributed by atoms with van der Waals surface area (Å²) in [6.07, 6.45) is 3.53. The highest BCUT2D eigenvalue weighted by molar-refractivity contribution is 5.74. The first-order valence-corrected chi connectivity index (χ1v) is 4.70. The van der Waals surface area contributed by atoms with E-state index in [1.54, 1.807) is 0 Å². The van der Waals surface area contributed by atoms with E-state index >= 15 is 0 Å². The molecule has 69 valence electrons. The number of likely N-dealkylation sites (tertiary alicyclic amines) is 1. The molecule has 0 N–H and O–H groups in total. The van der Waals surface area contributed by atoms with E-state index in [0.717, 1.165) is 25.9 Å². The van der Waals surface area contributed by atoms with Crippen LogP contribution in [0.15, 0.2) is 0 Å². The van der Waals surface area contributed by atoms with Crippen molar-refractivity contribution in [3.8, 4) is 0 Å². The van der Waals surface area contributed by atoms with Gasteiger partial charge in [-0.05, 0) is 33.1 Å². The van der Waals surface area contributed by atoms with Crippen LogP contribution in [0.3, 0.4) is 0 Å². The highest BCUT2D eigenvalue weighted by Crippen LogP contribution is 2.08. The summed E-state index contributed by atoms with van der Waals surface area (Å²) in [5.74, 6) is 0. The number of piperidine rings is 1. The number of rotatable bonds is 1. The second-order valence-corrected chi connectivity index (χ2v) is 3.55. The average molecular weight is 169 g/mol. The van der Waals surface area contributed by atoms with Crippen LogP contribution in [0.1, 0.15) is 33.1 Å². The molecule has 0 unspecified atom stereocenters. The van der Waals surface area contributed by atoms with Crippen molar-refractivity contribution in [3.05, 3.63) is 0 Å². The summed E-state index contributed by atoms with van der Waals surface area (Å²) >= 11 is 0. The molecule has 0 aromatic heterocycles. The van der Waals surface area contributed by atoms with Crippen molar-refractivity contribution in [1.29, 1.82) is 0 Å². The van der Waals surface area contributed by atoms with Gasteiger partial charge in [-0.25, -0.2) is 10.1 Å². The maximum absolute atomic E-state index is 11.4. The van der Waals surface area contributed by atoms with Crippen molar-refractivity contribution in [2.45, 2.75) is 39.2 Å². The molecule has 1 aliphatic rings. The quantitative estimate of drug-likeness (QED) is 0.587. The molecule has 3 heteroatoms. The third-order valence-electron chi connectivity index (χ3n) is 2.00. The van der Waals surface area contributed by atoms with E-state index in [2.05, 4.69) is 5.32 Å². The van der Waals surface area contributed by atoms with Crippen LogP contribution in [-0.2, 0) is 0 Å². The summed E-state index contributed by atoms with van der Waals surface area (Å²) in [7, 11) is 0. The molecule has 1 saturated heterocycles. The fraction of sp³-hybridized carbons (Fsp3) is 0.889. The van der Waals surface area contributed by atoms with Gasteiger partial charge >= 0.3 is 6.03 Å². The zero-order valence-electron chi connectivity index (χ0n) is 7.92. The van der Waals surface area contributed by atoms with E-state index in [0.29, 0.717) is 0 Å². The molecular weight excluding hydrogens is 152 g/mol. The predicted molar refractivity (Wildman–Crippen MR) is 48.1 cm³/mol. The molecule has 1 aliphatic heterocycles. The van der Waals surface area contributed by atoms with Gasteiger partial charge in [0.2, 0.25) is 0 Å². The van der Waals surface area contributed by atoms with Crippen LogP contribution in [0, 0.1) is 0 Å². The standard InChI is InChI=1S/C9H17N2O/c1-8(2)10-9(12)11-6-4-3-5-7-11/h8H,3-7H2,1-2H3. The van der Waals surface area contributed by atoms with E-state index in [1.807, 2.05) is 18.7 Å². The second-order valence-electron chi connectivity index (χ2n) is 3.55. The predicted octanol–water partition coefficient (Wildman–Crippen LogP) is 1.61. The SMILES string of the molecule is CC(C)[N]C(=O)N1CCCCC1. The molecule has 0 saturated carbocycles. The van der Waals surface area contributed by atoms with Crippen LogP contribution in [0.5, 0.6) is 0 Å². The van der Waals surface area contributed by atoms with Gasteiger partial charge in [0, 0.05) is 19.1 Å². The average Bonchev–Trinajstić information content (AvgIpc) is 2.05. The fourth-order valence-electron chi connectivity index (χ4n) is 1.39. The maximum Gasteiger partial charge on any atom is 0.339 e. The van der Waals surface area contributed by atoms with Crippen LogP contribution >= 0.6 is 0 Å². The fourth-order valence-corrected chi connectivity index (χ4v) is 1.39. The number of nitrogens with zero attached hydrogens (tertiary/aromatic N) is 2. The van der Waals surface area contributed by atoms with Gasteiger partial charge in [-0.15, -0.1) is 0 Å². The van der Waals surface area contributed by atoms with Gasteiger partial charge in [0.1, 0.15) is 0 Å². The third kappa shape index (κ3) is 2.72. The van der Waals surface area contributed by atoms with E-state index in [-0.39, 0.29) is 12.1 Å².